The van der Waals surface area contributed by atoms with Gasteiger partial charge in [-0.15, -0.1) is 0 Å². The summed E-state index contributed by atoms with van der Waals surface area (Å²) < 4.78 is 7.40. The highest BCUT2D eigenvalue weighted by Crippen LogP contribution is 2.42. The van der Waals surface area contributed by atoms with Crippen LogP contribution in [0.1, 0.15) is 62.0 Å². The van der Waals surface area contributed by atoms with E-state index in [9.17, 15) is 14.9 Å². The molecule has 0 radical (unpaired) electrons. The molecule has 1 N–H and O–H groups in total. The van der Waals surface area contributed by atoms with E-state index in [2.05, 4.69) is 16.0 Å². The fourth-order valence-corrected chi connectivity index (χ4v) is 4.31. The second kappa shape index (κ2) is 9.60. The molecule has 34 heavy (non-hydrogen) atoms. The van der Waals surface area contributed by atoms with Crippen LogP contribution in [0.3, 0.4) is 0 Å². The quantitative estimate of drug-likeness (QED) is 0.494. The topological polar surface area (TPSA) is 87.4 Å². The molecule has 0 bridgehead atoms. The molecule has 0 atom stereocenters. The molecule has 3 aromatic rings. The lowest BCUT2D eigenvalue weighted by Gasteiger charge is -2.30. The minimum atomic E-state index is -0.502. The molecule has 4 rings (SSSR count). The average Bonchev–Trinajstić information content (AvgIpc) is 3.10. The predicted molar refractivity (Wildman–Crippen MR) is 133 cm³/mol. The van der Waals surface area contributed by atoms with Crippen molar-refractivity contribution in [3.63, 3.8) is 0 Å². The van der Waals surface area contributed by atoms with Crippen molar-refractivity contribution in [2.24, 2.45) is 0 Å². The Morgan fingerprint density at radius 1 is 1.21 bits per heavy atom. The van der Waals surface area contributed by atoms with Crippen molar-refractivity contribution in [1.82, 2.24) is 9.47 Å². The Bertz CT molecular complexity index is 1260. The lowest BCUT2D eigenvalue weighted by molar-refractivity contribution is 0.0802. The first-order valence-corrected chi connectivity index (χ1v) is 11.8. The fraction of sp³-hybridized carbons (Fsp3) is 0.370. The van der Waals surface area contributed by atoms with Gasteiger partial charge in [0.2, 0.25) is 0 Å². The van der Waals surface area contributed by atoms with Crippen LogP contribution in [0.15, 0.2) is 42.5 Å². The van der Waals surface area contributed by atoms with Crippen molar-refractivity contribution in [3.8, 4) is 17.3 Å². The second-order valence-corrected chi connectivity index (χ2v) is 9.00. The van der Waals surface area contributed by atoms with E-state index in [1.54, 1.807) is 25.8 Å². The van der Waals surface area contributed by atoms with E-state index in [0.29, 0.717) is 29.4 Å². The molecule has 2 amide bonds. The molecule has 176 valence electrons. The van der Waals surface area contributed by atoms with Gasteiger partial charge in [0.05, 0.1) is 22.9 Å². The number of carbonyl (C=O) groups excluding carboxylic acids is 2. The summed E-state index contributed by atoms with van der Waals surface area (Å²) in [5, 5.41) is 13.7. The molecular weight excluding hydrogens is 428 g/mol. The number of ether oxygens (including phenoxy) is 1. The Morgan fingerprint density at radius 2 is 1.91 bits per heavy atom. The molecule has 0 aliphatic heterocycles. The maximum atomic E-state index is 12.8. The maximum Gasteiger partial charge on any atom is 0.411 e. The Labute approximate surface area is 199 Å². The Morgan fingerprint density at radius 3 is 2.47 bits per heavy atom. The first-order chi connectivity index (χ1) is 16.3. The van der Waals surface area contributed by atoms with Crippen LogP contribution >= 0.6 is 0 Å². The van der Waals surface area contributed by atoms with Gasteiger partial charge in [-0.05, 0) is 75.9 Å². The van der Waals surface area contributed by atoms with Gasteiger partial charge in [0, 0.05) is 36.3 Å². The average molecular weight is 459 g/mol. The Hall–Kier alpha value is -3.79. The third-order valence-corrected chi connectivity index (χ3v) is 6.37. The van der Waals surface area contributed by atoms with Crippen LogP contribution in [0.5, 0.6) is 0 Å². The van der Waals surface area contributed by atoms with Crippen molar-refractivity contribution < 1.29 is 14.3 Å². The Kier molecular flexibility index (Phi) is 6.60. The first kappa shape index (κ1) is 23.4. The van der Waals surface area contributed by atoms with Crippen molar-refractivity contribution in [2.45, 2.75) is 52.2 Å². The molecular formula is C27H30N4O3. The fourth-order valence-electron chi connectivity index (χ4n) is 4.31. The van der Waals surface area contributed by atoms with Crippen LogP contribution in [0.2, 0.25) is 0 Å². The molecule has 7 heteroatoms. The highest BCUT2D eigenvalue weighted by atomic mass is 16.6. The van der Waals surface area contributed by atoms with Gasteiger partial charge < -0.3 is 14.2 Å². The second-order valence-electron chi connectivity index (χ2n) is 9.00. The summed E-state index contributed by atoms with van der Waals surface area (Å²) in [5.74, 6) is -0.0602. The third-order valence-electron chi connectivity index (χ3n) is 6.37. The van der Waals surface area contributed by atoms with Gasteiger partial charge in [0.15, 0.2) is 0 Å². The zero-order valence-electron chi connectivity index (χ0n) is 20.1. The zero-order valence-corrected chi connectivity index (χ0v) is 20.1. The normalized spacial score (nSPS) is 13.4. The highest BCUT2D eigenvalue weighted by Gasteiger charge is 2.28. The Balaban J connectivity index is 1.79. The van der Waals surface area contributed by atoms with E-state index >= 15 is 0 Å². The van der Waals surface area contributed by atoms with Crippen LogP contribution in [-0.2, 0) is 4.74 Å². The van der Waals surface area contributed by atoms with Crippen molar-refractivity contribution >= 4 is 28.6 Å². The summed E-state index contributed by atoms with van der Waals surface area (Å²) in [7, 11) is 1.77. The SMILES string of the molecule is CCN(C)C(=O)c1ccc2c(c1)c(C#N)c(-c1ccc(NC(=O)OC(C)C)cc1)n2C1CCC1. The lowest BCUT2D eigenvalue weighted by Crippen LogP contribution is -2.26. The van der Waals surface area contributed by atoms with Gasteiger partial charge in [-0.3, -0.25) is 10.1 Å². The number of fused-ring (bicyclic) bond motifs is 1. The summed E-state index contributed by atoms with van der Waals surface area (Å²) >= 11 is 0. The molecule has 0 spiro atoms. The summed E-state index contributed by atoms with van der Waals surface area (Å²) in [4.78, 5) is 26.4. The molecule has 0 saturated heterocycles. The van der Waals surface area contributed by atoms with E-state index in [4.69, 9.17) is 4.74 Å². The monoisotopic (exact) mass is 458 g/mol. The van der Waals surface area contributed by atoms with Crippen LogP contribution < -0.4 is 5.32 Å². The van der Waals surface area contributed by atoms with E-state index < -0.39 is 6.09 Å². The minimum absolute atomic E-state index is 0.0602. The zero-order chi connectivity index (χ0) is 24.4. The van der Waals surface area contributed by atoms with Crippen LogP contribution in [-0.4, -0.2) is 41.2 Å². The number of hydrogen-bond donors (Lipinski definition) is 1. The smallest absolute Gasteiger partial charge is 0.411 e. The van der Waals surface area contributed by atoms with Crippen molar-refractivity contribution in [3.05, 3.63) is 53.6 Å². The predicted octanol–water partition coefficient (Wildman–Crippen LogP) is 5.95. The standard InChI is InChI=1S/C27H30N4O3/c1-5-30(4)26(32)19-11-14-24-22(15-19)23(16-28)25(31(24)21-7-6-8-21)18-9-12-20(13-10-18)29-27(33)34-17(2)3/h9-15,17,21H,5-8H2,1-4H3,(H,29,33). The summed E-state index contributed by atoms with van der Waals surface area (Å²) in [6, 6.07) is 15.8. The van der Waals surface area contributed by atoms with Gasteiger partial charge in [-0.2, -0.15) is 5.26 Å². The van der Waals surface area contributed by atoms with E-state index in [-0.39, 0.29) is 12.0 Å². The number of amides is 2. The maximum absolute atomic E-state index is 12.8. The number of nitrogens with one attached hydrogen (secondary N) is 1. The van der Waals surface area contributed by atoms with Gasteiger partial charge in [0.1, 0.15) is 6.07 Å². The molecule has 1 aliphatic rings. The number of carbonyl (C=O) groups is 2. The lowest BCUT2D eigenvalue weighted by atomic mass is 9.92. The number of anilines is 1. The molecule has 1 saturated carbocycles. The van der Waals surface area contributed by atoms with E-state index in [1.807, 2.05) is 49.4 Å². The van der Waals surface area contributed by atoms with E-state index in [0.717, 1.165) is 41.4 Å². The summed E-state index contributed by atoms with van der Waals surface area (Å²) in [6.07, 6.45) is 2.57. The third kappa shape index (κ3) is 4.36. The van der Waals surface area contributed by atoms with Gasteiger partial charge >= 0.3 is 6.09 Å². The number of nitrogens with zero attached hydrogens (tertiary/aromatic N) is 3. The number of nitriles is 1. The molecule has 2 aromatic carbocycles. The molecule has 1 fully saturated rings. The number of rotatable bonds is 6. The number of aromatic nitrogens is 1. The molecule has 7 nitrogen and oxygen atoms in total. The molecule has 0 unspecified atom stereocenters. The van der Waals surface area contributed by atoms with Gasteiger partial charge in [-0.25, -0.2) is 4.79 Å². The van der Waals surface area contributed by atoms with Gasteiger partial charge in [-0.1, -0.05) is 12.1 Å². The van der Waals surface area contributed by atoms with Crippen molar-refractivity contribution in [1.29, 1.82) is 5.26 Å². The van der Waals surface area contributed by atoms with Crippen LogP contribution in [0, 0.1) is 11.3 Å². The first-order valence-electron chi connectivity index (χ1n) is 11.8. The summed E-state index contributed by atoms with van der Waals surface area (Å²) in [5.41, 5.74) is 4.47. The van der Waals surface area contributed by atoms with E-state index in [1.165, 1.54) is 0 Å². The summed E-state index contributed by atoms with van der Waals surface area (Å²) in [6.45, 7) is 6.14. The van der Waals surface area contributed by atoms with Crippen LogP contribution in [0.25, 0.3) is 22.2 Å². The molecule has 1 heterocycles. The molecule has 1 aliphatic carbocycles. The number of hydrogen-bond acceptors (Lipinski definition) is 4. The largest absolute Gasteiger partial charge is 0.447 e. The number of benzene rings is 2. The minimum Gasteiger partial charge on any atom is -0.447 e. The van der Waals surface area contributed by atoms with Crippen molar-refractivity contribution in [2.75, 3.05) is 18.9 Å². The van der Waals surface area contributed by atoms with Crippen LogP contribution in [0.4, 0.5) is 10.5 Å². The van der Waals surface area contributed by atoms with Gasteiger partial charge in [0.25, 0.3) is 5.91 Å². The highest BCUT2D eigenvalue weighted by molar-refractivity contribution is 6.02. The molecule has 1 aromatic heterocycles.